The molecule has 0 unspecified atom stereocenters. The lowest BCUT2D eigenvalue weighted by Crippen LogP contribution is -2.46. The summed E-state index contributed by atoms with van der Waals surface area (Å²) < 4.78 is 24.8. The Labute approximate surface area is 168 Å². The van der Waals surface area contributed by atoms with Gasteiger partial charge in [0, 0.05) is 18.6 Å². The van der Waals surface area contributed by atoms with Crippen molar-refractivity contribution in [3.8, 4) is 5.75 Å². The highest BCUT2D eigenvalue weighted by atomic mass is 19.1. The summed E-state index contributed by atoms with van der Waals surface area (Å²) in [5.74, 6) is 0.696. The van der Waals surface area contributed by atoms with Crippen LogP contribution in [0.15, 0.2) is 48.5 Å². The zero-order valence-corrected chi connectivity index (χ0v) is 17.3. The van der Waals surface area contributed by atoms with Gasteiger partial charge in [-0.05, 0) is 74.5 Å². The molecule has 152 valence electrons. The van der Waals surface area contributed by atoms with Crippen molar-refractivity contribution in [3.63, 3.8) is 0 Å². The van der Waals surface area contributed by atoms with Crippen LogP contribution in [0.5, 0.6) is 5.75 Å². The molecule has 1 saturated heterocycles. The molecule has 0 spiro atoms. The average Bonchev–Trinajstić information content (AvgIpc) is 2.72. The van der Waals surface area contributed by atoms with E-state index in [1.54, 1.807) is 19.2 Å². The summed E-state index contributed by atoms with van der Waals surface area (Å²) in [6.07, 6.45) is 3.92. The molecule has 0 aromatic heterocycles. The smallest absolute Gasteiger partial charge is 0.123 e. The molecule has 0 saturated carbocycles. The van der Waals surface area contributed by atoms with Crippen molar-refractivity contribution >= 4 is 0 Å². The van der Waals surface area contributed by atoms with E-state index in [9.17, 15) is 4.39 Å². The highest BCUT2D eigenvalue weighted by Gasteiger charge is 2.43. The Morgan fingerprint density at radius 3 is 2.46 bits per heavy atom. The van der Waals surface area contributed by atoms with Crippen LogP contribution in [-0.2, 0) is 16.7 Å². The predicted molar refractivity (Wildman–Crippen MR) is 111 cm³/mol. The van der Waals surface area contributed by atoms with Gasteiger partial charge in [-0.1, -0.05) is 31.2 Å². The minimum atomic E-state index is -0.179. The number of ether oxygens (including phenoxy) is 2. The molecule has 0 radical (unpaired) electrons. The van der Waals surface area contributed by atoms with Gasteiger partial charge in [-0.2, -0.15) is 0 Å². The summed E-state index contributed by atoms with van der Waals surface area (Å²) >= 11 is 0. The van der Waals surface area contributed by atoms with E-state index in [4.69, 9.17) is 9.47 Å². The van der Waals surface area contributed by atoms with Crippen LogP contribution in [0.2, 0.25) is 0 Å². The Kier molecular flexibility index (Phi) is 6.73. The molecular formula is C24H32FNO2. The average molecular weight is 386 g/mol. The van der Waals surface area contributed by atoms with E-state index in [0.29, 0.717) is 0 Å². The van der Waals surface area contributed by atoms with Crippen LogP contribution < -0.4 is 10.1 Å². The van der Waals surface area contributed by atoms with Gasteiger partial charge in [0.25, 0.3) is 0 Å². The summed E-state index contributed by atoms with van der Waals surface area (Å²) in [5, 5.41) is 3.58. The first-order valence-corrected chi connectivity index (χ1v) is 10.2. The summed E-state index contributed by atoms with van der Waals surface area (Å²) in [6, 6.07) is 15.2. The van der Waals surface area contributed by atoms with Crippen LogP contribution in [0.4, 0.5) is 4.39 Å². The van der Waals surface area contributed by atoms with Gasteiger partial charge in [-0.15, -0.1) is 0 Å². The predicted octanol–water partition coefficient (Wildman–Crippen LogP) is 5.23. The van der Waals surface area contributed by atoms with E-state index >= 15 is 0 Å². The lowest BCUT2D eigenvalue weighted by Gasteiger charge is -2.47. The molecule has 0 amide bonds. The molecule has 0 aliphatic carbocycles. The van der Waals surface area contributed by atoms with Crippen LogP contribution in [0.25, 0.3) is 0 Å². The molecule has 0 bridgehead atoms. The second-order valence-corrected chi connectivity index (χ2v) is 8.14. The van der Waals surface area contributed by atoms with Gasteiger partial charge < -0.3 is 14.8 Å². The molecule has 4 heteroatoms. The molecule has 3 nitrogen and oxygen atoms in total. The number of methoxy groups -OCH3 is 1. The third-order valence-corrected chi connectivity index (χ3v) is 6.22. The first kappa shape index (κ1) is 20.8. The molecule has 3 rings (SSSR count). The first-order valence-electron chi connectivity index (χ1n) is 10.2. The molecule has 2 aromatic rings. The summed E-state index contributed by atoms with van der Waals surface area (Å²) in [5.41, 5.74) is 2.36. The fourth-order valence-corrected chi connectivity index (χ4v) is 4.29. The number of halogens is 1. The number of hydrogen-bond donors (Lipinski definition) is 1. The molecule has 1 aliphatic heterocycles. The highest BCUT2D eigenvalue weighted by molar-refractivity contribution is 5.28. The van der Waals surface area contributed by atoms with Crippen LogP contribution in [0.3, 0.4) is 0 Å². The van der Waals surface area contributed by atoms with E-state index in [0.717, 1.165) is 51.1 Å². The molecule has 1 aliphatic rings. The maximum absolute atomic E-state index is 13.5. The normalized spacial score (nSPS) is 24.9. The highest BCUT2D eigenvalue weighted by Crippen LogP contribution is 2.45. The number of hydrogen-bond acceptors (Lipinski definition) is 3. The van der Waals surface area contributed by atoms with Crippen LogP contribution in [0.1, 0.15) is 50.7 Å². The van der Waals surface area contributed by atoms with Crippen LogP contribution in [0, 0.1) is 5.82 Å². The Morgan fingerprint density at radius 1 is 1.11 bits per heavy atom. The molecule has 1 fully saturated rings. The second-order valence-electron chi connectivity index (χ2n) is 8.14. The summed E-state index contributed by atoms with van der Waals surface area (Å²) in [6.45, 7) is 6.87. The summed E-state index contributed by atoms with van der Waals surface area (Å²) in [4.78, 5) is 0. The van der Waals surface area contributed by atoms with Gasteiger partial charge >= 0.3 is 0 Å². The standard InChI is InChI=1S/C24H32FNO2/c1-4-23(2)18-24(14-16-28-23,20-7-9-21(25)10-8-20)13-15-26-17-19-5-11-22(27-3)12-6-19/h5-12,26H,4,13-18H2,1-3H3/t23-,24+/m0/s1. The maximum Gasteiger partial charge on any atom is 0.123 e. The van der Waals surface area contributed by atoms with E-state index in [1.807, 2.05) is 24.3 Å². The topological polar surface area (TPSA) is 30.5 Å². The van der Waals surface area contributed by atoms with Gasteiger partial charge in [0.1, 0.15) is 11.6 Å². The number of nitrogens with one attached hydrogen (secondary N) is 1. The van der Waals surface area contributed by atoms with Crippen LogP contribution >= 0.6 is 0 Å². The van der Waals surface area contributed by atoms with Crippen molar-refractivity contribution in [2.45, 2.75) is 57.1 Å². The minimum absolute atomic E-state index is 0.0175. The quantitative estimate of drug-likeness (QED) is 0.631. The zero-order valence-electron chi connectivity index (χ0n) is 17.3. The van der Waals surface area contributed by atoms with Crippen molar-refractivity contribution in [1.82, 2.24) is 5.32 Å². The van der Waals surface area contributed by atoms with E-state index in [1.165, 1.54) is 11.1 Å². The summed E-state index contributed by atoms with van der Waals surface area (Å²) in [7, 11) is 1.68. The first-order chi connectivity index (χ1) is 13.5. The van der Waals surface area contributed by atoms with Gasteiger partial charge in [0.2, 0.25) is 0 Å². The number of rotatable bonds is 8. The van der Waals surface area contributed by atoms with Crippen molar-refractivity contribution in [1.29, 1.82) is 0 Å². The third kappa shape index (κ3) is 4.92. The van der Waals surface area contributed by atoms with Crippen molar-refractivity contribution < 1.29 is 13.9 Å². The largest absolute Gasteiger partial charge is 0.497 e. The van der Waals surface area contributed by atoms with Crippen molar-refractivity contribution in [2.75, 3.05) is 20.3 Å². The van der Waals surface area contributed by atoms with E-state index in [-0.39, 0.29) is 16.8 Å². The second kappa shape index (κ2) is 9.06. The van der Waals surface area contributed by atoms with Gasteiger partial charge in [0.15, 0.2) is 0 Å². The SMILES string of the molecule is CC[C@@]1(C)C[C@](CCNCc2ccc(OC)cc2)(c2ccc(F)cc2)CCO1. The Morgan fingerprint density at radius 2 is 1.82 bits per heavy atom. The molecule has 2 atom stereocenters. The van der Waals surface area contributed by atoms with Gasteiger partial charge in [-0.25, -0.2) is 4.39 Å². The zero-order chi connectivity index (χ0) is 20.0. The monoisotopic (exact) mass is 385 g/mol. The fourth-order valence-electron chi connectivity index (χ4n) is 4.29. The molecule has 2 aromatic carbocycles. The van der Waals surface area contributed by atoms with E-state index < -0.39 is 0 Å². The Hall–Kier alpha value is -1.91. The number of benzene rings is 2. The van der Waals surface area contributed by atoms with E-state index in [2.05, 4.69) is 31.3 Å². The molecule has 1 heterocycles. The third-order valence-electron chi connectivity index (χ3n) is 6.22. The van der Waals surface area contributed by atoms with Crippen molar-refractivity contribution in [3.05, 3.63) is 65.5 Å². The fraction of sp³-hybridized carbons (Fsp3) is 0.500. The molecule has 1 N–H and O–H groups in total. The van der Waals surface area contributed by atoms with Gasteiger partial charge in [0.05, 0.1) is 12.7 Å². The lowest BCUT2D eigenvalue weighted by atomic mass is 9.66. The maximum atomic E-state index is 13.5. The Bertz CT molecular complexity index is 746. The minimum Gasteiger partial charge on any atom is -0.497 e. The Balaban J connectivity index is 1.68. The van der Waals surface area contributed by atoms with Crippen molar-refractivity contribution in [2.24, 2.45) is 0 Å². The molecule has 28 heavy (non-hydrogen) atoms. The van der Waals surface area contributed by atoms with Gasteiger partial charge in [-0.3, -0.25) is 0 Å². The lowest BCUT2D eigenvalue weighted by molar-refractivity contribution is -0.0979. The molecular weight excluding hydrogens is 353 g/mol. The van der Waals surface area contributed by atoms with Crippen LogP contribution in [-0.4, -0.2) is 25.9 Å².